The van der Waals surface area contributed by atoms with Gasteiger partial charge in [0.15, 0.2) is 0 Å². The predicted molar refractivity (Wildman–Crippen MR) is 84.7 cm³/mol. The molecular formula is C17H25Cl2OSiTi. The van der Waals surface area contributed by atoms with Gasteiger partial charge in [-0.25, -0.2) is 0 Å². The van der Waals surface area contributed by atoms with Gasteiger partial charge in [-0.15, -0.1) is 0 Å². The summed E-state index contributed by atoms with van der Waals surface area (Å²) in [5, 5.41) is 0. The summed E-state index contributed by atoms with van der Waals surface area (Å²) in [5.41, 5.74) is 4.12. The zero-order valence-corrected chi connectivity index (χ0v) is 18.2. The van der Waals surface area contributed by atoms with Gasteiger partial charge in [0.25, 0.3) is 0 Å². The molecule has 0 aromatic heterocycles. The molecule has 0 bridgehead atoms. The van der Waals surface area contributed by atoms with Crippen LogP contribution in [0.5, 0.6) is 0 Å². The smallest absolute Gasteiger partial charge is 1.00 e. The first kappa shape index (κ1) is 22.4. The van der Waals surface area contributed by atoms with E-state index < -0.39 is 8.32 Å². The van der Waals surface area contributed by atoms with E-state index >= 15 is 0 Å². The van der Waals surface area contributed by atoms with Crippen LogP contribution in [0.25, 0.3) is 0 Å². The fraction of sp³-hybridized carbons (Fsp3) is 0.529. The maximum Gasteiger partial charge on any atom is -1.00 e. The third-order valence-electron chi connectivity index (χ3n) is 3.92. The molecule has 0 radical (unpaired) electrons. The van der Waals surface area contributed by atoms with Crippen LogP contribution >= 0.6 is 0 Å². The molecule has 0 heterocycles. The van der Waals surface area contributed by atoms with Gasteiger partial charge >= 0.3 is 136 Å². The van der Waals surface area contributed by atoms with Crippen LogP contribution in [0, 0.1) is 0 Å². The fourth-order valence-electron chi connectivity index (χ4n) is 3.00. The summed E-state index contributed by atoms with van der Waals surface area (Å²) in [7, 11) is -1.59. The molecule has 0 saturated carbocycles. The zero-order chi connectivity index (χ0) is 15.0. The quantitative estimate of drug-likeness (QED) is 0.560. The Bertz CT molecular complexity index is 529. The van der Waals surface area contributed by atoms with Gasteiger partial charge in [-0.2, -0.15) is 0 Å². The van der Waals surface area contributed by atoms with Gasteiger partial charge in [0.05, 0.1) is 0 Å². The largest absolute Gasteiger partial charge is 1.00 e. The van der Waals surface area contributed by atoms with Crippen molar-refractivity contribution in [2.45, 2.75) is 58.4 Å². The van der Waals surface area contributed by atoms with Gasteiger partial charge in [-0.3, -0.25) is 0 Å². The van der Waals surface area contributed by atoms with Crippen molar-refractivity contribution in [3.05, 3.63) is 44.9 Å². The van der Waals surface area contributed by atoms with Gasteiger partial charge in [0, 0.05) is 0 Å². The molecule has 0 N–H and O–H groups in total. The normalized spacial score (nSPS) is 24.5. The molecule has 0 spiro atoms. The van der Waals surface area contributed by atoms with Gasteiger partial charge < -0.3 is 24.8 Å². The Hall–Kier alpha value is 0.431. The molecular weight excluding hydrogens is 367 g/mol. The second-order valence-electron chi connectivity index (χ2n) is 6.98. The molecule has 0 saturated heterocycles. The Morgan fingerprint density at radius 1 is 1.23 bits per heavy atom. The Morgan fingerprint density at radius 3 is 2.32 bits per heavy atom. The van der Waals surface area contributed by atoms with Crippen molar-refractivity contribution in [2.24, 2.45) is 0 Å². The molecule has 1 unspecified atom stereocenters. The third-order valence-corrected chi connectivity index (χ3v) is 5.75. The Balaban J connectivity index is 0.00000220. The van der Waals surface area contributed by atoms with Crippen LogP contribution < -0.4 is 24.8 Å². The van der Waals surface area contributed by atoms with Crippen LogP contribution in [0.1, 0.15) is 33.1 Å². The number of hydrogen-bond donors (Lipinski definition) is 0. The monoisotopic (exact) mass is 391 g/mol. The molecule has 121 valence electrons. The van der Waals surface area contributed by atoms with Gasteiger partial charge in [-0.1, -0.05) is 0 Å². The maximum absolute atomic E-state index is 6.70. The average Bonchev–Trinajstić information content (AvgIpc) is 2.68. The minimum absolute atomic E-state index is 0. The second kappa shape index (κ2) is 8.51. The standard InChI is InChI=1S/C17H25OSi.2ClH.Ti/c1-14-10-11-17(15(2)12-14,18-19(3,4)5)13-16-8-6-7-9-16;;;/h6,8,10,12H,7,11,13H2,1-5H3;2*1H;/q;;;+2/p-2. The number of halogens is 2. The van der Waals surface area contributed by atoms with Gasteiger partial charge in [-0.05, 0) is 0 Å². The van der Waals surface area contributed by atoms with E-state index in [1.54, 1.807) is 0 Å². The SMILES string of the molecule is CC1=CCC(CC2=[C]([Ti+2])CC=C2)(O[Si](C)(C)C)C(C)=C1.[Cl-].[Cl-]. The molecule has 2 aliphatic carbocycles. The zero-order valence-electron chi connectivity index (χ0n) is 14.1. The van der Waals surface area contributed by atoms with Crippen LogP contribution in [0.4, 0.5) is 0 Å². The molecule has 0 amide bonds. The number of hydrogen-bond acceptors (Lipinski definition) is 1. The first-order valence-corrected chi connectivity index (χ1v) is 11.6. The predicted octanol–water partition coefficient (Wildman–Crippen LogP) is -0.968. The van der Waals surface area contributed by atoms with Crippen LogP contribution in [-0.4, -0.2) is 13.9 Å². The van der Waals surface area contributed by atoms with Crippen LogP contribution in [-0.2, 0) is 24.9 Å². The molecule has 0 aromatic rings. The first-order valence-electron chi connectivity index (χ1n) is 7.38. The molecule has 5 heteroatoms. The van der Waals surface area contributed by atoms with Crippen molar-refractivity contribution in [1.82, 2.24) is 0 Å². The molecule has 2 rings (SSSR count). The van der Waals surface area contributed by atoms with Crippen molar-refractivity contribution in [1.29, 1.82) is 0 Å². The Morgan fingerprint density at radius 2 is 1.86 bits per heavy atom. The fourth-order valence-corrected chi connectivity index (χ4v) is 4.94. The molecule has 1 atom stereocenters. The van der Waals surface area contributed by atoms with Crippen molar-refractivity contribution < 1.29 is 49.7 Å². The van der Waals surface area contributed by atoms with Gasteiger partial charge in [0.2, 0.25) is 0 Å². The van der Waals surface area contributed by atoms with E-state index in [-0.39, 0.29) is 30.4 Å². The van der Waals surface area contributed by atoms with E-state index in [9.17, 15) is 0 Å². The number of rotatable bonds is 4. The maximum atomic E-state index is 6.70. The van der Waals surface area contributed by atoms with Crippen LogP contribution in [0.15, 0.2) is 44.9 Å². The molecule has 1 nitrogen and oxygen atoms in total. The summed E-state index contributed by atoms with van der Waals surface area (Å²) in [4.78, 5) is 0. The Kier molecular flexibility index (Phi) is 8.67. The van der Waals surface area contributed by atoms with E-state index in [1.807, 2.05) is 0 Å². The molecule has 22 heavy (non-hydrogen) atoms. The molecule has 0 aromatic carbocycles. The topological polar surface area (TPSA) is 9.23 Å². The summed E-state index contributed by atoms with van der Waals surface area (Å²) in [5.74, 6) is 0. The van der Waals surface area contributed by atoms with E-state index in [0.717, 1.165) is 19.3 Å². The van der Waals surface area contributed by atoms with Crippen LogP contribution in [0.3, 0.4) is 0 Å². The summed E-state index contributed by atoms with van der Waals surface area (Å²) in [6.45, 7) is 11.3. The minimum Gasteiger partial charge on any atom is -1.00 e. The summed E-state index contributed by atoms with van der Waals surface area (Å²) in [6, 6.07) is 0. The molecule has 2 aliphatic rings. The van der Waals surface area contributed by atoms with Crippen molar-refractivity contribution in [2.75, 3.05) is 0 Å². The summed E-state index contributed by atoms with van der Waals surface area (Å²) < 4.78 is 8.20. The van der Waals surface area contributed by atoms with Gasteiger partial charge in [0.1, 0.15) is 0 Å². The summed E-state index contributed by atoms with van der Waals surface area (Å²) >= 11 is 2.25. The van der Waals surface area contributed by atoms with Crippen LogP contribution in [0.2, 0.25) is 19.6 Å². The van der Waals surface area contributed by atoms with Crippen molar-refractivity contribution in [3.63, 3.8) is 0 Å². The van der Waals surface area contributed by atoms with E-state index in [1.165, 1.54) is 20.6 Å². The van der Waals surface area contributed by atoms with Crippen molar-refractivity contribution >= 4 is 8.32 Å². The third kappa shape index (κ3) is 5.51. The second-order valence-corrected chi connectivity index (χ2v) is 12.3. The molecule has 0 fully saturated rings. The van der Waals surface area contributed by atoms with E-state index in [0.29, 0.717) is 0 Å². The van der Waals surface area contributed by atoms with E-state index in [4.69, 9.17) is 4.43 Å². The minimum atomic E-state index is -1.59. The number of allylic oxidation sites excluding steroid dienone is 5. The van der Waals surface area contributed by atoms with Crippen molar-refractivity contribution in [3.8, 4) is 0 Å². The summed E-state index contributed by atoms with van der Waals surface area (Å²) in [6.07, 6.45) is 12.3. The Labute approximate surface area is 160 Å². The average molecular weight is 392 g/mol. The van der Waals surface area contributed by atoms with E-state index in [2.05, 4.69) is 78.2 Å². The molecule has 0 aliphatic heterocycles. The first-order chi connectivity index (χ1) is 9.22.